The monoisotopic (exact) mass is 321 g/mol. The molecule has 0 saturated carbocycles. The number of piperidine rings is 1. The Labute approximate surface area is 135 Å². The summed E-state index contributed by atoms with van der Waals surface area (Å²) in [5, 5.41) is 6.95. The number of nitrogens with one attached hydrogen (secondary N) is 1. The lowest BCUT2D eigenvalue weighted by atomic mass is 9.78. The summed E-state index contributed by atoms with van der Waals surface area (Å²) in [6.07, 6.45) is 2.62. The molecule has 2 fully saturated rings. The minimum Gasteiger partial charge on any atom is -0.336 e. The lowest BCUT2D eigenvalue weighted by molar-refractivity contribution is -0.127. The molecule has 1 atom stereocenters. The van der Waals surface area contributed by atoms with E-state index in [1.807, 2.05) is 40.5 Å². The summed E-state index contributed by atoms with van der Waals surface area (Å²) < 4.78 is 0. The van der Waals surface area contributed by atoms with E-state index >= 15 is 0 Å². The maximum Gasteiger partial charge on any atom is 0.317 e. The van der Waals surface area contributed by atoms with E-state index in [4.69, 9.17) is 0 Å². The van der Waals surface area contributed by atoms with Gasteiger partial charge in [-0.1, -0.05) is 0 Å². The SMILES string of the molecule is CC(C)NC(=O)N1CCC[C@]2(CCN(c3ccsc3)C2=O)C1. The fraction of sp³-hybridized carbons (Fsp3) is 0.625. The molecule has 0 aliphatic carbocycles. The van der Waals surface area contributed by atoms with Gasteiger partial charge in [0.15, 0.2) is 0 Å². The van der Waals surface area contributed by atoms with Crippen LogP contribution >= 0.6 is 11.3 Å². The molecule has 120 valence electrons. The molecule has 0 bridgehead atoms. The van der Waals surface area contributed by atoms with Crippen LogP contribution in [-0.2, 0) is 4.79 Å². The molecule has 2 saturated heterocycles. The Balaban J connectivity index is 1.73. The number of anilines is 1. The van der Waals surface area contributed by atoms with Crippen molar-refractivity contribution in [3.63, 3.8) is 0 Å². The predicted molar refractivity (Wildman–Crippen MR) is 88.2 cm³/mol. The van der Waals surface area contributed by atoms with Gasteiger partial charge >= 0.3 is 6.03 Å². The number of nitrogens with zero attached hydrogens (tertiary/aromatic N) is 2. The van der Waals surface area contributed by atoms with Crippen molar-refractivity contribution in [2.45, 2.75) is 39.2 Å². The molecule has 3 amide bonds. The summed E-state index contributed by atoms with van der Waals surface area (Å²) in [4.78, 5) is 28.9. The molecule has 5 nitrogen and oxygen atoms in total. The third-order valence-electron chi connectivity index (χ3n) is 4.61. The average molecular weight is 321 g/mol. The number of likely N-dealkylation sites (tertiary alicyclic amines) is 1. The van der Waals surface area contributed by atoms with E-state index in [9.17, 15) is 9.59 Å². The predicted octanol–water partition coefficient (Wildman–Crippen LogP) is 2.69. The van der Waals surface area contributed by atoms with E-state index in [0.717, 1.165) is 38.0 Å². The van der Waals surface area contributed by atoms with Crippen molar-refractivity contribution in [1.82, 2.24) is 10.2 Å². The second kappa shape index (κ2) is 5.91. The van der Waals surface area contributed by atoms with Crippen LogP contribution in [0.1, 0.15) is 33.1 Å². The Bertz CT molecular complexity index is 558. The average Bonchev–Trinajstić information content (AvgIpc) is 3.09. The van der Waals surface area contributed by atoms with Crippen molar-refractivity contribution >= 4 is 29.0 Å². The Morgan fingerprint density at radius 1 is 1.36 bits per heavy atom. The maximum absolute atomic E-state index is 12.9. The molecule has 1 spiro atoms. The van der Waals surface area contributed by atoms with Crippen LogP contribution in [0.15, 0.2) is 16.8 Å². The summed E-state index contributed by atoms with van der Waals surface area (Å²) in [7, 11) is 0. The molecular weight excluding hydrogens is 298 g/mol. The number of urea groups is 1. The summed E-state index contributed by atoms with van der Waals surface area (Å²) in [6, 6.07) is 2.07. The molecule has 2 aliphatic rings. The molecule has 0 radical (unpaired) electrons. The second-order valence-electron chi connectivity index (χ2n) is 6.60. The van der Waals surface area contributed by atoms with Gasteiger partial charge in [-0.25, -0.2) is 4.79 Å². The molecule has 2 aliphatic heterocycles. The Kier molecular flexibility index (Phi) is 4.12. The quantitative estimate of drug-likeness (QED) is 0.910. The summed E-state index contributed by atoms with van der Waals surface area (Å²) in [5.41, 5.74) is 0.616. The number of carbonyl (C=O) groups excluding carboxylic acids is 2. The van der Waals surface area contributed by atoms with Gasteiger partial charge in [-0.3, -0.25) is 4.79 Å². The van der Waals surface area contributed by atoms with E-state index in [1.54, 1.807) is 11.3 Å². The van der Waals surface area contributed by atoms with Gasteiger partial charge in [0.1, 0.15) is 0 Å². The zero-order valence-electron chi connectivity index (χ0n) is 13.2. The fourth-order valence-corrected chi connectivity index (χ4v) is 4.14. The van der Waals surface area contributed by atoms with Gasteiger partial charge in [0, 0.05) is 31.1 Å². The van der Waals surface area contributed by atoms with Crippen LogP contribution in [0.5, 0.6) is 0 Å². The standard InChI is InChI=1S/C16H23N3O2S/c1-12(2)17-15(21)18-7-3-5-16(11-18)6-8-19(14(16)20)13-4-9-22-10-13/h4,9-10,12H,3,5-8,11H2,1-2H3,(H,17,21)/t16-/m0/s1. The maximum atomic E-state index is 12.9. The van der Waals surface area contributed by atoms with E-state index < -0.39 is 0 Å². The number of amides is 3. The molecule has 3 rings (SSSR count). The van der Waals surface area contributed by atoms with Crippen molar-refractivity contribution in [3.05, 3.63) is 16.8 Å². The first-order chi connectivity index (χ1) is 10.5. The summed E-state index contributed by atoms with van der Waals surface area (Å²) in [5.74, 6) is 0.188. The topological polar surface area (TPSA) is 52.7 Å². The second-order valence-corrected chi connectivity index (χ2v) is 7.38. The highest BCUT2D eigenvalue weighted by atomic mass is 32.1. The highest BCUT2D eigenvalue weighted by Gasteiger charge is 2.50. The number of thiophene rings is 1. The highest BCUT2D eigenvalue weighted by Crippen LogP contribution is 2.42. The lowest BCUT2D eigenvalue weighted by Crippen LogP contribution is -2.53. The van der Waals surface area contributed by atoms with E-state index in [2.05, 4.69) is 5.32 Å². The van der Waals surface area contributed by atoms with Gasteiger partial charge in [0.25, 0.3) is 0 Å². The van der Waals surface area contributed by atoms with E-state index in [1.165, 1.54) is 0 Å². The largest absolute Gasteiger partial charge is 0.336 e. The van der Waals surface area contributed by atoms with Crippen LogP contribution in [0.2, 0.25) is 0 Å². The molecule has 1 aromatic rings. The molecule has 6 heteroatoms. The van der Waals surface area contributed by atoms with Gasteiger partial charge in [-0.2, -0.15) is 11.3 Å². The molecular formula is C16H23N3O2S. The normalized spacial score (nSPS) is 25.3. The zero-order chi connectivity index (χ0) is 15.7. The summed E-state index contributed by atoms with van der Waals surface area (Å²) >= 11 is 1.61. The van der Waals surface area contributed by atoms with Gasteiger partial charge in [-0.05, 0) is 44.6 Å². The van der Waals surface area contributed by atoms with Crippen LogP contribution in [-0.4, -0.2) is 42.5 Å². The molecule has 0 unspecified atom stereocenters. The van der Waals surface area contributed by atoms with Gasteiger partial charge in [0.2, 0.25) is 5.91 Å². The Morgan fingerprint density at radius 3 is 2.86 bits per heavy atom. The minimum atomic E-state index is -0.380. The number of carbonyl (C=O) groups is 2. The highest BCUT2D eigenvalue weighted by molar-refractivity contribution is 7.08. The van der Waals surface area contributed by atoms with Crippen LogP contribution in [0, 0.1) is 5.41 Å². The molecule has 0 aromatic carbocycles. The minimum absolute atomic E-state index is 0.0455. The molecule has 1 N–H and O–H groups in total. The van der Waals surface area contributed by atoms with Gasteiger partial charge in [-0.15, -0.1) is 0 Å². The first kappa shape index (κ1) is 15.3. The van der Waals surface area contributed by atoms with Crippen LogP contribution < -0.4 is 10.2 Å². The van der Waals surface area contributed by atoms with Crippen LogP contribution in [0.4, 0.5) is 10.5 Å². The number of hydrogen-bond acceptors (Lipinski definition) is 3. The smallest absolute Gasteiger partial charge is 0.317 e. The van der Waals surface area contributed by atoms with Crippen molar-refractivity contribution in [3.8, 4) is 0 Å². The van der Waals surface area contributed by atoms with Crippen molar-refractivity contribution in [2.75, 3.05) is 24.5 Å². The molecule has 1 aromatic heterocycles. The first-order valence-corrected chi connectivity index (χ1v) is 8.86. The Hall–Kier alpha value is -1.56. The number of hydrogen-bond donors (Lipinski definition) is 1. The Morgan fingerprint density at radius 2 is 2.18 bits per heavy atom. The van der Waals surface area contributed by atoms with Crippen molar-refractivity contribution < 1.29 is 9.59 Å². The van der Waals surface area contributed by atoms with Crippen LogP contribution in [0.25, 0.3) is 0 Å². The van der Waals surface area contributed by atoms with Crippen molar-refractivity contribution in [2.24, 2.45) is 5.41 Å². The number of rotatable bonds is 2. The fourth-order valence-electron chi connectivity index (χ4n) is 3.50. The van der Waals surface area contributed by atoms with Crippen molar-refractivity contribution in [1.29, 1.82) is 0 Å². The van der Waals surface area contributed by atoms with Crippen LogP contribution in [0.3, 0.4) is 0 Å². The molecule has 3 heterocycles. The zero-order valence-corrected chi connectivity index (χ0v) is 14.0. The van der Waals surface area contributed by atoms with Gasteiger partial charge < -0.3 is 15.1 Å². The van der Waals surface area contributed by atoms with Gasteiger partial charge in [0.05, 0.1) is 11.1 Å². The third-order valence-corrected chi connectivity index (χ3v) is 5.28. The molecule has 22 heavy (non-hydrogen) atoms. The lowest BCUT2D eigenvalue weighted by Gasteiger charge is -2.39. The first-order valence-electron chi connectivity index (χ1n) is 7.91. The third kappa shape index (κ3) is 2.72. The van der Waals surface area contributed by atoms with E-state index in [-0.39, 0.29) is 23.4 Å². The van der Waals surface area contributed by atoms with E-state index in [0.29, 0.717) is 6.54 Å². The summed E-state index contributed by atoms with van der Waals surface area (Å²) in [6.45, 7) is 5.96.